The molecular weight excluding hydrogens is 286 g/mol. The molecule has 20 heavy (non-hydrogen) atoms. The summed E-state index contributed by atoms with van der Waals surface area (Å²) in [4.78, 5) is -0.924. The van der Waals surface area contributed by atoms with Crippen LogP contribution >= 0.6 is 0 Å². The molecule has 0 amide bonds. The van der Waals surface area contributed by atoms with Crippen molar-refractivity contribution in [3.63, 3.8) is 0 Å². The topological polar surface area (TPSA) is 63.4 Å². The van der Waals surface area contributed by atoms with Gasteiger partial charge in [0.25, 0.3) is 0 Å². The zero-order valence-electron chi connectivity index (χ0n) is 11.3. The fourth-order valence-corrected chi connectivity index (χ4v) is 3.97. The van der Waals surface area contributed by atoms with Crippen molar-refractivity contribution in [3.8, 4) is 0 Å². The molecule has 0 aromatic heterocycles. The van der Waals surface area contributed by atoms with Crippen LogP contribution in [-0.4, -0.2) is 26.3 Å². The van der Waals surface area contributed by atoms with E-state index in [4.69, 9.17) is 5.73 Å². The quantitative estimate of drug-likeness (QED) is 0.869. The van der Waals surface area contributed by atoms with Gasteiger partial charge in [-0.05, 0) is 30.9 Å². The number of benzene rings is 1. The van der Waals surface area contributed by atoms with Gasteiger partial charge in [0.15, 0.2) is 4.90 Å². The van der Waals surface area contributed by atoms with E-state index in [1.54, 1.807) is 0 Å². The number of sulfonamides is 1. The number of rotatable bonds is 4. The van der Waals surface area contributed by atoms with Gasteiger partial charge in [0.1, 0.15) is 11.6 Å². The van der Waals surface area contributed by atoms with E-state index in [2.05, 4.69) is 0 Å². The maximum absolute atomic E-state index is 13.8. The number of nitrogens with zero attached hydrogens (tertiary/aromatic N) is 1. The molecule has 0 heterocycles. The van der Waals surface area contributed by atoms with E-state index in [0.29, 0.717) is 0 Å². The second-order valence-electron chi connectivity index (χ2n) is 5.25. The standard InChI is InChI=1S/C13H18F2N2O2S/c1-17(8-9-4-2-3-5-9)20(18,19)13-11(14)6-10(16)7-12(13)15/h6-7,9H,2-5,8,16H2,1H3. The number of anilines is 1. The highest BCUT2D eigenvalue weighted by Gasteiger charge is 2.30. The van der Waals surface area contributed by atoms with Gasteiger partial charge >= 0.3 is 0 Å². The van der Waals surface area contributed by atoms with E-state index in [-0.39, 0.29) is 18.2 Å². The largest absolute Gasteiger partial charge is 0.399 e. The van der Waals surface area contributed by atoms with Crippen molar-refractivity contribution in [1.29, 1.82) is 0 Å². The van der Waals surface area contributed by atoms with Crippen LogP contribution in [0.15, 0.2) is 17.0 Å². The van der Waals surface area contributed by atoms with Crippen molar-refractivity contribution in [2.45, 2.75) is 30.6 Å². The molecule has 1 aromatic rings. The molecule has 1 fully saturated rings. The number of nitrogens with two attached hydrogens (primary N) is 1. The van der Waals surface area contributed by atoms with Crippen LogP contribution in [0, 0.1) is 17.6 Å². The Morgan fingerprint density at radius 3 is 2.25 bits per heavy atom. The first-order valence-corrected chi connectivity index (χ1v) is 7.97. The molecule has 1 aliphatic carbocycles. The number of hydrogen-bond donors (Lipinski definition) is 1. The van der Waals surface area contributed by atoms with Gasteiger partial charge in [-0.1, -0.05) is 12.8 Å². The van der Waals surface area contributed by atoms with Crippen molar-refractivity contribution in [2.75, 3.05) is 19.3 Å². The second-order valence-corrected chi connectivity index (χ2v) is 7.23. The predicted molar refractivity (Wildman–Crippen MR) is 72.5 cm³/mol. The van der Waals surface area contributed by atoms with Crippen LogP contribution in [0.5, 0.6) is 0 Å². The van der Waals surface area contributed by atoms with Crippen molar-refractivity contribution in [3.05, 3.63) is 23.8 Å². The lowest BCUT2D eigenvalue weighted by atomic mass is 10.1. The van der Waals surface area contributed by atoms with E-state index in [0.717, 1.165) is 42.1 Å². The van der Waals surface area contributed by atoms with Gasteiger partial charge in [0.05, 0.1) is 0 Å². The Kier molecular flexibility index (Phi) is 4.29. The van der Waals surface area contributed by atoms with Crippen molar-refractivity contribution in [1.82, 2.24) is 4.31 Å². The van der Waals surface area contributed by atoms with Gasteiger partial charge in [-0.2, -0.15) is 0 Å². The van der Waals surface area contributed by atoms with Gasteiger partial charge < -0.3 is 5.73 Å². The Labute approximate surface area is 117 Å². The van der Waals surface area contributed by atoms with Crippen LogP contribution < -0.4 is 5.73 Å². The first kappa shape index (κ1) is 15.2. The summed E-state index contributed by atoms with van der Waals surface area (Å²) < 4.78 is 53.1. The highest BCUT2D eigenvalue weighted by atomic mass is 32.2. The fraction of sp³-hybridized carbons (Fsp3) is 0.538. The average Bonchev–Trinajstić information content (AvgIpc) is 2.79. The van der Waals surface area contributed by atoms with E-state index in [1.165, 1.54) is 7.05 Å². The highest BCUT2D eigenvalue weighted by molar-refractivity contribution is 7.89. The van der Waals surface area contributed by atoms with Gasteiger partial charge in [-0.25, -0.2) is 21.5 Å². The molecule has 4 nitrogen and oxygen atoms in total. The minimum atomic E-state index is -4.18. The minimum absolute atomic E-state index is 0.141. The third kappa shape index (κ3) is 2.93. The predicted octanol–water partition coefficient (Wildman–Crippen LogP) is 2.36. The van der Waals surface area contributed by atoms with Crippen LogP contribution in [0.1, 0.15) is 25.7 Å². The molecule has 1 aromatic carbocycles. The van der Waals surface area contributed by atoms with Crippen LogP contribution in [-0.2, 0) is 10.0 Å². The van der Waals surface area contributed by atoms with Crippen LogP contribution in [0.25, 0.3) is 0 Å². The summed E-state index contributed by atoms with van der Waals surface area (Å²) in [6.07, 6.45) is 4.05. The molecule has 2 N–H and O–H groups in total. The lowest BCUT2D eigenvalue weighted by Crippen LogP contribution is -2.32. The molecule has 0 unspecified atom stereocenters. The average molecular weight is 304 g/mol. The van der Waals surface area contributed by atoms with E-state index < -0.39 is 26.6 Å². The van der Waals surface area contributed by atoms with Crippen LogP contribution in [0.2, 0.25) is 0 Å². The zero-order chi connectivity index (χ0) is 14.9. The van der Waals surface area contributed by atoms with Crippen LogP contribution in [0.3, 0.4) is 0 Å². The summed E-state index contributed by atoms with van der Waals surface area (Å²) in [5.41, 5.74) is 5.15. The van der Waals surface area contributed by atoms with Crippen molar-refractivity contribution >= 4 is 15.7 Å². The molecule has 0 atom stereocenters. The number of hydrogen-bond acceptors (Lipinski definition) is 3. The van der Waals surface area contributed by atoms with Gasteiger partial charge in [0.2, 0.25) is 10.0 Å². The molecule has 0 bridgehead atoms. The SMILES string of the molecule is CN(CC1CCCC1)S(=O)(=O)c1c(F)cc(N)cc1F. The van der Waals surface area contributed by atoms with Crippen molar-refractivity contribution in [2.24, 2.45) is 5.92 Å². The minimum Gasteiger partial charge on any atom is -0.399 e. The van der Waals surface area contributed by atoms with Crippen molar-refractivity contribution < 1.29 is 17.2 Å². The molecule has 0 saturated heterocycles. The monoisotopic (exact) mass is 304 g/mol. The Morgan fingerprint density at radius 1 is 1.25 bits per heavy atom. The molecule has 0 spiro atoms. The molecule has 1 aliphatic rings. The lowest BCUT2D eigenvalue weighted by Gasteiger charge is -2.21. The van der Waals surface area contributed by atoms with Crippen LogP contribution in [0.4, 0.5) is 14.5 Å². The summed E-state index contributed by atoms with van der Waals surface area (Å²) in [6, 6.07) is 1.64. The summed E-state index contributed by atoms with van der Waals surface area (Å²) in [7, 11) is -2.83. The smallest absolute Gasteiger partial charge is 0.248 e. The molecule has 112 valence electrons. The first-order chi connectivity index (χ1) is 9.32. The Morgan fingerprint density at radius 2 is 1.75 bits per heavy atom. The summed E-state index contributed by atoms with van der Waals surface area (Å²) >= 11 is 0. The Hall–Kier alpha value is -1.21. The maximum atomic E-state index is 13.8. The summed E-state index contributed by atoms with van der Waals surface area (Å²) in [5.74, 6) is -2.05. The first-order valence-electron chi connectivity index (χ1n) is 6.53. The molecule has 1 saturated carbocycles. The summed E-state index contributed by atoms with van der Waals surface area (Å²) in [6.45, 7) is 0.283. The Bertz CT molecular complexity index is 575. The van der Waals surface area contributed by atoms with E-state index >= 15 is 0 Å². The molecule has 0 aliphatic heterocycles. The van der Waals surface area contributed by atoms with E-state index in [9.17, 15) is 17.2 Å². The lowest BCUT2D eigenvalue weighted by molar-refractivity contribution is 0.382. The molecule has 0 radical (unpaired) electrons. The zero-order valence-corrected chi connectivity index (χ0v) is 12.1. The van der Waals surface area contributed by atoms with Gasteiger partial charge in [0, 0.05) is 19.3 Å². The highest BCUT2D eigenvalue weighted by Crippen LogP contribution is 2.29. The molecule has 2 rings (SSSR count). The second kappa shape index (κ2) is 5.65. The fourth-order valence-electron chi connectivity index (χ4n) is 2.64. The third-order valence-electron chi connectivity index (χ3n) is 3.68. The van der Waals surface area contributed by atoms with Gasteiger partial charge in [-0.15, -0.1) is 0 Å². The maximum Gasteiger partial charge on any atom is 0.248 e. The normalized spacial score (nSPS) is 17.0. The van der Waals surface area contributed by atoms with Gasteiger partial charge in [-0.3, -0.25) is 0 Å². The molecular formula is C13H18F2N2O2S. The Balaban J connectivity index is 2.29. The number of nitrogen functional groups attached to an aromatic ring is 1. The van der Waals surface area contributed by atoms with E-state index in [1.807, 2.05) is 0 Å². The third-order valence-corrected chi connectivity index (χ3v) is 5.55. The summed E-state index contributed by atoms with van der Waals surface area (Å²) in [5, 5.41) is 0. The number of halogens is 2. The molecule has 7 heteroatoms.